The number of benzene rings is 2. The van der Waals surface area contributed by atoms with E-state index in [4.69, 9.17) is 0 Å². The zero-order valence-corrected chi connectivity index (χ0v) is 16.5. The van der Waals surface area contributed by atoms with Crippen LogP contribution in [0.4, 0.5) is 0 Å². The van der Waals surface area contributed by atoms with Gasteiger partial charge in [0.15, 0.2) is 0 Å². The van der Waals surface area contributed by atoms with Crippen molar-refractivity contribution in [1.29, 1.82) is 0 Å². The minimum atomic E-state index is -3.81. The summed E-state index contributed by atoms with van der Waals surface area (Å²) < 4.78 is 28.0. The second-order valence-corrected chi connectivity index (χ2v) is 8.89. The van der Waals surface area contributed by atoms with Crippen LogP contribution in [0.15, 0.2) is 59.5 Å². The maximum absolute atomic E-state index is 13.3. The zero-order chi connectivity index (χ0) is 19.7. The Morgan fingerprint density at radius 2 is 1.86 bits per heavy atom. The van der Waals surface area contributed by atoms with Crippen molar-refractivity contribution in [2.45, 2.75) is 37.2 Å². The van der Waals surface area contributed by atoms with E-state index in [1.807, 2.05) is 31.2 Å². The van der Waals surface area contributed by atoms with E-state index in [1.54, 1.807) is 30.3 Å². The Balaban J connectivity index is 1.79. The standard InChI is InChI=1S/C21H23N3O3S/c1-2-12-22-21(25)20-13-17-16-10-6-7-11-18(16)23-19(17)14-24(20)28(26,27)15-8-4-3-5-9-15/h3-11,20,23H,2,12-14H2,1H3,(H,22,25). The molecule has 0 saturated heterocycles. The Kier molecular flexibility index (Phi) is 4.95. The SMILES string of the molecule is CCCNC(=O)C1Cc2c([nH]c3ccccc23)CN1S(=O)(=O)c1ccccc1. The first-order valence-corrected chi connectivity index (χ1v) is 10.9. The minimum Gasteiger partial charge on any atom is -0.357 e. The van der Waals surface area contributed by atoms with Gasteiger partial charge in [0.05, 0.1) is 11.4 Å². The smallest absolute Gasteiger partial charge is 0.244 e. The van der Waals surface area contributed by atoms with Crippen molar-refractivity contribution >= 4 is 26.8 Å². The van der Waals surface area contributed by atoms with Crippen LogP contribution in [0.25, 0.3) is 10.9 Å². The van der Waals surface area contributed by atoms with E-state index in [0.717, 1.165) is 28.6 Å². The van der Waals surface area contributed by atoms with Crippen molar-refractivity contribution in [2.24, 2.45) is 0 Å². The van der Waals surface area contributed by atoms with Crippen LogP contribution in [0.2, 0.25) is 0 Å². The van der Waals surface area contributed by atoms with Gasteiger partial charge in [0.25, 0.3) is 0 Å². The number of para-hydroxylation sites is 1. The predicted octanol–water partition coefficient (Wildman–Crippen LogP) is 2.81. The third kappa shape index (κ3) is 3.21. The summed E-state index contributed by atoms with van der Waals surface area (Å²) in [5, 5.41) is 3.92. The van der Waals surface area contributed by atoms with Crippen LogP contribution in [0.1, 0.15) is 24.6 Å². The largest absolute Gasteiger partial charge is 0.357 e. The van der Waals surface area contributed by atoms with E-state index < -0.39 is 16.1 Å². The predicted molar refractivity (Wildman–Crippen MR) is 108 cm³/mol. The molecule has 0 aliphatic carbocycles. The highest BCUT2D eigenvalue weighted by Crippen LogP contribution is 2.33. The van der Waals surface area contributed by atoms with E-state index in [0.29, 0.717) is 13.0 Å². The molecule has 2 aromatic carbocycles. The average molecular weight is 398 g/mol. The number of fused-ring (bicyclic) bond motifs is 3. The molecule has 2 heterocycles. The Bertz CT molecular complexity index is 1110. The quantitative estimate of drug-likeness (QED) is 0.695. The van der Waals surface area contributed by atoms with Crippen LogP contribution in [-0.4, -0.2) is 36.2 Å². The summed E-state index contributed by atoms with van der Waals surface area (Å²) in [6, 6.07) is 15.4. The minimum absolute atomic E-state index is 0.144. The fourth-order valence-corrected chi connectivity index (χ4v) is 5.33. The molecule has 2 N–H and O–H groups in total. The first kappa shape index (κ1) is 18.7. The fourth-order valence-electron chi connectivity index (χ4n) is 3.75. The molecule has 6 nitrogen and oxygen atoms in total. The van der Waals surface area contributed by atoms with Gasteiger partial charge in [-0.15, -0.1) is 0 Å². The van der Waals surface area contributed by atoms with Crippen LogP contribution < -0.4 is 5.32 Å². The van der Waals surface area contributed by atoms with Gasteiger partial charge in [0.1, 0.15) is 6.04 Å². The Labute approximate surface area is 164 Å². The molecular formula is C21H23N3O3S. The average Bonchev–Trinajstić information content (AvgIpc) is 3.09. The van der Waals surface area contributed by atoms with Gasteiger partial charge in [-0.3, -0.25) is 4.79 Å². The molecule has 1 aliphatic rings. The van der Waals surface area contributed by atoms with Crippen molar-refractivity contribution in [3.8, 4) is 0 Å². The van der Waals surface area contributed by atoms with Crippen LogP contribution in [0.3, 0.4) is 0 Å². The number of nitrogens with one attached hydrogen (secondary N) is 2. The maximum atomic E-state index is 13.3. The van der Waals surface area contributed by atoms with Gasteiger partial charge < -0.3 is 10.3 Å². The summed E-state index contributed by atoms with van der Waals surface area (Å²) in [6.07, 6.45) is 1.14. The van der Waals surface area contributed by atoms with Gasteiger partial charge in [-0.05, 0) is 30.2 Å². The summed E-state index contributed by atoms with van der Waals surface area (Å²) in [7, 11) is -3.81. The van der Waals surface area contributed by atoms with Crippen LogP contribution in [0.5, 0.6) is 0 Å². The third-order valence-electron chi connectivity index (χ3n) is 5.16. The van der Waals surface area contributed by atoms with Crippen molar-refractivity contribution in [3.05, 3.63) is 65.9 Å². The van der Waals surface area contributed by atoms with Gasteiger partial charge in [-0.25, -0.2) is 8.42 Å². The molecule has 1 unspecified atom stereocenters. The molecule has 0 fully saturated rings. The summed E-state index contributed by atoms with van der Waals surface area (Å²) in [5.74, 6) is -0.253. The molecule has 4 rings (SSSR count). The molecule has 3 aromatic rings. The van der Waals surface area contributed by atoms with E-state index >= 15 is 0 Å². The Morgan fingerprint density at radius 3 is 2.61 bits per heavy atom. The van der Waals surface area contributed by atoms with E-state index in [9.17, 15) is 13.2 Å². The number of hydrogen-bond acceptors (Lipinski definition) is 3. The molecule has 0 saturated carbocycles. The summed E-state index contributed by atoms with van der Waals surface area (Å²) >= 11 is 0. The molecule has 1 atom stereocenters. The van der Waals surface area contributed by atoms with Crippen molar-refractivity contribution in [2.75, 3.05) is 6.54 Å². The highest BCUT2D eigenvalue weighted by molar-refractivity contribution is 7.89. The number of carbonyl (C=O) groups is 1. The lowest BCUT2D eigenvalue weighted by molar-refractivity contribution is -0.125. The number of H-pyrrole nitrogens is 1. The van der Waals surface area contributed by atoms with Crippen molar-refractivity contribution in [1.82, 2.24) is 14.6 Å². The number of sulfonamides is 1. The molecule has 1 amide bonds. The molecule has 0 bridgehead atoms. The number of aromatic nitrogens is 1. The second-order valence-electron chi connectivity index (χ2n) is 7.00. The monoisotopic (exact) mass is 397 g/mol. The summed E-state index contributed by atoms with van der Waals surface area (Å²) in [4.78, 5) is 16.4. The van der Waals surface area contributed by atoms with Crippen molar-refractivity contribution in [3.63, 3.8) is 0 Å². The number of hydrogen-bond donors (Lipinski definition) is 2. The van der Waals surface area contributed by atoms with E-state index in [-0.39, 0.29) is 17.3 Å². The first-order chi connectivity index (χ1) is 13.5. The van der Waals surface area contributed by atoms with E-state index in [1.165, 1.54) is 4.31 Å². The number of amides is 1. The molecule has 146 valence electrons. The first-order valence-electron chi connectivity index (χ1n) is 9.45. The van der Waals surface area contributed by atoms with Crippen LogP contribution in [-0.2, 0) is 27.8 Å². The maximum Gasteiger partial charge on any atom is 0.244 e. The zero-order valence-electron chi connectivity index (χ0n) is 15.7. The van der Waals surface area contributed by atoms with Crippen LogP contribution in [0, 0.1) is 0 Å². The van der Waals surface area contributed by atoms with Gasteiger partial charge >= 0.3 is 0 Å². The Hall–Kier alpha value is -2.64. The van der Waals surface area contributed by atoms with Gasteiger partial charge in [-0.2, -0.15) is 4.31 Å². The van der Waals surface area contributed by atoms with Crippen LogP contribution >= 0.6 is 0 Å². The lowest BCUT2D eigenvalue weighted by atomic mass is 9.98. The second kappa shape index (κ2) is 7.41. The van der Waals surface area contributed by atoms with Gasteiger partial charge in [-0.1, -0.05) is 43.3 Å². The molecule has 28 heavy (non-hydrogen) atoms. The van der Waals surface area contributed by atoms with Gasteiger partial charge in [0, 0.05) is 29.6 Å². The normalized spacial score (nSPS) is 17.4. The summed E-state index contributed by atoms with van der Waals surface area (Å²) in [5.41, 5.74) is 2.83. The lowest BCUT2D eigenvalue weighted by Crippen LogP contribution is -2.52. The van der Waals surface area contributed by atoms with Gasteiger partial charge in [0.2, 0.25) is 15.9 Å². The number of rotatable bonds is 5. The topological polar surface area (TPSA) is 82.3 Å². The molecule has 7 heteroatoms. The molecule has 0 radical (unpaired) electrons. The summed E-state index contributed by atoms with van der Waals surface area (Å²) in [6.45, 7) is 2.64. The lowest BCUT2D eigenvalue weighted by Gasteiger charge is -2.33. The fraction of sp³-hybridized carbons (Fsp3) is 0.286. The number of nitrogens with zero attached hydrogens (tertiary/aromatic N) is 1. The highest BCUT2D eigenvalue weighted by Gasteiger charge is 2.40. The Morgan fingerprint density at radius 1 is 1.14 bits per heavy atom. The third-order valence-corrected chi connectivity index (χ3v) is 7.03. The molecule has 0 spiro atoms. The molecule has 1 aliphatic heterocycles. The van der Waals surface area contributed by atoms with Crippen molar-refractivity contribution < 1.29 is 13.2 Å². The molecule has 1 aromatic heterocycles. The number of aromatic amines is 1. The molecular weight excluding hydrogens is 374 g/mol. The van der Waals surface area contributed by atoms with E-state index in [2.05, 4.69) is 10.3 Å². The number of carbonyl (C=O) groups excluding carboxylic acids is 1. The highest BCUT2D eigenvalue weighted by atomic mass is 32.2.